The lowest BCUT2D eigenvalue weighted by molar-refractivity contribution is -0.131. The van der Waals surface area contributed by atoms with Gasteiger partial charge in [-0.2, -0.15) is 0 Å². The van der Waals surface area contributed by atoms with Crippen molar-refractivity contribution in [3.05, 3.63) is 51.2 Å². The highest BCUT2D eigenvalue weighted by molar-refractivity contribution is 7.10. The molecule has 0 aliphatic carbocycles. The number of carbonyl (C=O) groups excluding carboxylic acids is 1. The largest absolute Gasteiger partial charge is 0.493 e. The Morgan fingerprint density at radius 3 is 3.07 bits per heavy atom. The third-order valence-corrected chi connectivity index (χ3v) is 6.58. The molecule has 4 rings (SSSR count). The van der Waals surface area contributed by atoms with E-state index in [2.05, 4.69) is 52.2 Å². The van der Waals surface area contributed by atoms with Crippen molar-refractivity contribution in [1.82, 2.24) is 15.5 Å². The van der Waals surface area contributed by atoms with Gasteiger partial charge in [0.15, 0.2) is 5.96 Å². The SMILES string of the molecule is CCNC(=NCCC(=O)N1CCc2sccc2C1)NCCc1ccc2c(c1)CCO2. The molecular formula is C23H30N4O2S. The quantitative estimate of drug-likeness (QED) is 0.528. The Morgan fingerprint density at radius 1 is 1.23 bits per heavy atom. The zero-order valence-electron chi connectivity index (χ0n) is 17.6. The van der Waals surface area contributed by atoms with Crippen LogP contribution in [0.3, 0.4) is 0 Å². The summed E-state index contributed by atoms with van der Waals surface area (Å²) in [5.41, 5.74) is 3.91. The van der Waals surface area contributed by atoms with Crippen LogP contribution in [0.15, 0.2) is 34.6 Å². The molecule has 0 bridgehead atoms. The molecule has 0 saturated heterocycles. The van der Waals surface area contributed by atoms with Gasteiger partial charge in [-0.3, -0.25) is 9.79 Å². The minimum atomic E-state index is 0.187. The van der Waals surface area contributed by atoms with E-state index in [4.69, 9.17) is 4.74 Å². The number of nitrogens with one attached hydrogen (secondary N) is 2. The van der Waals surface area contributed by atoms with Gasteiger partial charge < -0.3 is 20.3 Å². The highest BCUT2D eigenvalue weighted by Crippen LogP contribution is 2.26. The molecular weight excluding hydrogens is 396 g/mol. The van der Waals surface area contributed by atoms with Gasteiger partial charge in [-0.1, -0.05) is 12.1 Å². The van der Waals surface area contributed by atoms with Crippen molar-refractivity contribution in [1.29, 1.82) is 0 Å². The van der Waals surface area contributed by atoms with Crippen LogP contribution >= 0.6 is 11.3 Å². The molecule has 0 radical (unpaired) electrons. The molecule has 7 heteroatoms. The second kappa shape index (κ2) is 9.98. The third-order valence-electron chi connectivity index (χ3n) is 5.56. The molecule has 6 nitrogen and oxygen atoms in total. The maximum atomic E-state index is 12.6. The number of carbonyl (C=O) groups is 1. The van der Waals surface area contributed by atoms with Crippen molar-refractivity contribution in [2.45, 2.75) is 39.2 Å². The van der Waals surface area contributed by atoms with Gasteiger partial charge in [0.2, 0.25) is 5.91 Å². The maximum Gasteiger partial charge on any atom is 0.224 e. The van der Waals surface area contributed by atoms with Crippen LogP contribution in [0.25, 0.3) is 0 Å². The summed E-state index contributed by atoms with van der Waals surface area (Å²) in [6, 6.07) is 8.58. The van der Waals surface area contributed by atoms with E-state index in [0.29, 0.717) is 13.0 Å². The molecule has 30 heavy (non-hydrogen) atoms. The number of hydrogen-bond acceptors (Lipinski definition) is 4. The molecule has 2 aliphatic rings. The van der Waals surface area contributed by atoms with E-state index in [9.17, 15) is 4.79 Å². The highest BCUT2D eigenvalue weighted by Gasteiger charge is 2.21. The van der Waals surface area contributed by atoms with Crippen LogP contribution < -0.4 is 15.4 Å². The molecule has 2 aromatic rings. The molecule has 0 unspecified atom stereocenters. The first-order valence-electron chi connectivity index (χ1n) is 10.8. The number of rotatable bonds is 7. The standard InChI is InChI=1S/C23H30N4O2S/c1-2-24-23(25-10-5-17-3-4-20-18(15-17)8-13-29-20)26-11-6-22(28)27-12-7-21-19(16-27)9-14-30-21/h3-4,9,14-15H,2,5-8,10-13,16H2,1H3,(H2,24,25,26). The Balaban J connectivity index is 1.23. The fraction of sp³-hybridized carbons (Fsp3) is 0.478. The van der Waals surface area contributed by atoms with E-state index >= 15 is 0 Å². The van der Waals surface area contributed by atoms with Gasteiger partial charge in [0, 0.05) is 43.9 Å². The van der Waals surface area contributed by atoms with Crippen molar-refractivity contribution in [2.24, 2.45) is 4.99 Å². The van der Waals surface area contributed by atoms with E-state index < -0.39 is 0 Å². The first-order valence-corrected chi connectivity index (χ1v) is 11.7. The highest BCUT2D eigenvalue weighted by atomic mass is 32.1. The average molecular weight is 427 g/mol. The van der Waals surface area contributed by atoms with Crippen LogP contribution in [0.2, 0.25) is 0 Å². The van der Waals surface area contributed by atoms with Gasteiger partial charge in [-0.25, -0.2) is 0 Å². The number of hydrogen-bond donors (Lipinski definition) is 2. The van der Waals surface area contributed by atoms with E-state index in [0.717, 1.165) is 63.8 Å². The van der Waals surface area contributed by atoms with Crippen LogP contribution in [0.1, 0.15) is 34.9 Å². The van der Waals surface area contributed by atoms with Gasteiger partial charge in [0.1, 0.15) is 5.75 Å². The molecule has 0 atom stereocenters. The van der Waals surface area contributed by atoms with E-state index in [1.54, 1.807) is 11.3 Å². The van der Waals surface area contributed by atoms with Crippen molar-refractivity contribution in [3.63, 3.8) is 0 Å². The monoisotopic (exact) mass is 426 g/mol. The van der Waals surface area contributed by atoms with Crippen molar-refractivity contribution in [3.8, 4) is 5.75 Å². The van der Waals surface area contributed by atoms with Crippen molar-refractivity contribution < 1.29 is 9.53 Å². The minimum absolute atomic E-state index is 0.187. The number of fused-ring (bicyclic) bond motifs is 2. The maximum absolute atomic E-state index is 12.6. The Labute approximate surface area is 182 Å². The van der Waals surface area contributed by atoms with Gasteiger partial charge in [0.25, 0.3) is 0 Å². The lowest BCUT2D eigenvalue weighted by atomic mass is 10.1. The first-order chi connectivity index (χ1) is 14.7. The third kappa shape index (κ3) is 5.14. The molecule has 2 aliphatic heterocycles. The summed E-state index contributed by atoms with van der Waals surface area (Å²) in [7, 11) is 0. The van der Waals surface area contributed by atoms with Gasteiger partial charge in [0.05, 0.1) is 13.2 Å². The number of nitrogens with zero attached hydrogens (tertiary/aromatic N) is 2. The zero-order valence-corrected chi connectivity index (χ0v) is 18.4. The molecule has 1 aromatic heterocycles. The molecule has 3 heterocycles. The van der Waals surface area contributed by atoms with Crippen molar-refractivity contribution >= 4 is 23.2 Å². The van der Waals surface area contributed by atoms with Crippen LogP contribution in [-0.2, 0) is 30.6 Å². The summed E-state index contributed by atoms with van der Waals surface area (Å²) in [5.74, 6) is 1.98. The van der Waals surface area contributed by atoms with Crippen LogP contribution in [0.5, 0.6) is 5.75 Å². The fourth-order valence-corrected chi connectivity index (χ4v) is 4.83. The summed E-state index contributed by atoms with van der Waals surface area (Å²) in [5, 5.41) is 8.77. The summed E-state index contributed by atoms with van der Waals surface area (Å²) >= 11 is 1.80. The second-order valence-electron chi connectivity index (χ2n) is 7.66. The predicted molar refractivity (Wildman–Crippen MR) is 121 cm³/mol. The fourth-order valence-electron chi connectivity index (χ4n) is 3.95. The molecule has 2 N–H and O–H groups in total. The average Bonchev–Trinajstić information content (AvgIpc) is 3.41. The number of amides is 1. The van der Waals surface area contributed by atoms with Crippen LogP contribution in [0.4, 0.5) is 0 Å². The van der Waals surface area contributed by atoms with Gasteiger partial charge in [-0.15, -0.1) is 11.3 Å². The first kappa shape index (κ1) is 20.7. The molecule has 0 spiro atoms. The molecule has 160 valence electrons. The van der Waals surface area contributed by atoms with Crippen LogP contribution in [-0.4, -0.2) is 49.6 Å². The summed E-state index contributed by atoms with van der Waals surface area (Å²) in [6.07, 6.45) is 3.34. The second-order valence-corrected chi connectivity index (χ2v) is 8.66. The van der Waals surface area contributed by atoms with Gasteiger partial charge in [-0.05, 0) is 54.0 Å². The molecule has 1 amide bonds. The number of thiophene rings is 1. The Morgan fingerprint density at radius 2 is 2.17 bits per heavy atom. The van der Waals surface area contributed by atoms with Crippen LogP contribution in [0, 0.1) is 0 Å². The number of guanidine groups is 1. The minimum Gasteiger partial charge on any atom is -0.493 e. The molecule has 0 saturated carbocycles. The van der Waals surface area contributed by atoms with E-state index in [1.807, 2.05) is 4.90 Å². The molecule has 1 aromatic carbocycles. The van der Waals surface area contributed by atoms with E-state index in [1.165, 1.54) is 21.6 Å². The Bertz CT molecular complexity index is 908. The van der Waals surface area contributed by atoms with Crippen molar-refractivity contribution in [2.75, 3.05) is 32.8 Å². The lowest BCUT2D eigenvalue weighted by Gasteiger charge is -2.26. The normalized spacial score (nSPS) is 15.4. The lowest BCUT2D eigenvalue weighted by Crippen LogP contribution is -2.39. The summed E-state index contributed by atoms with van der Waals surface area (Å²) < 4.78 is 5.57. The summed E-state index contributed by atoms with van der Waals surface area (Å²) in [6.45, 7) is 6.49. The van der Waals surface area contributed by atoms with E-state index in [-0.39, 0.29) is 5.91 Å². The zero-order chi connectivity index (χ0) is 20.8. The van der Waals surface area contributed by atoms with Gasteiger partial charge >= 0.3 is 0 Å². The topological polar surface area (TPSA) is 66.0 Å². The Kier molecular flexibility index (Phi) is 6.89. The Hall–Kier alpha value is -2.54. The molecule has 0 fully saturated rings. The predicted octanol–water partition coefficient (Wildman–Crippen LogP) is 2.76. The number of ether oxygens (including phenoxy) is 1. The smallest absolute Gasteiger partial charge is 0.224 e. The number of benzene rings is 1. The summed E-state index contributed by atoms with van der Waals surface area (Å²) in [4.78, 5) is 20.6. The number of aliphatic imine (C=N–C) groups is 1.